The van der Waals surface area contributed by atoms with Crippen LogP contribution in [0.3, 0.4) is 0 Å². The maximum Gasteiger partial charge on any atom is 0.422 e. The number of amides is 1. The lowest BCUT2D eigenvalue weighted by Gasteiger charge is -2.10. The molecule has 0 radical (unpaired) electrons. The number of halogens is 3. The first kappa shape index (κ1) is 14.0. The molecule has 1 amide bonds. The smallest absolute Gasteiger partial charge is 0.309 e. The van der Waals surface area contributed by atoms with Gasteiger partial charge in [-0.1, -0.05) is 6.92 Å². The molecular weight excluding hydrogens is 273 g/mol. The minimum Gasteiger partial charge on any atom is -0.309 e. The summed E-state index contributed by atoms with van der Waals surface area (Å²) in [6, 6.07) is 2.85. The number of carbonyl (C=O) groups is 1. The maximum absolute atomic E-state index is 13.2. The van der Waals surface area contributed by atoms with Crippen LogP contribution in [0.2, 0.25) is 0 Å². The number of rotatable bonds is 3. The number of hydrogen-bond acceptors (Lipinski definition) is 3. The fourth-order valence-corrected chi connectivity index (χ4v) is 1.66. The van der Waals surface area contributed by atoms with Crippen molar-refractivity contribution in [3.63, 3.8) is 0 Å². The molecule has 0 unspecified atom stereocenters. The summed E-state index contributed by atoms with van der Waals surface area (Å²) in [5.74, 6) is -1.06. The Labute approximate surface area is 112 Å². The van der Waals surface area contributed by atoms with Gasteiger partial charge in [0.2, 0.25) is 5.91 Å². The number of carbonyl (C=O) groups excluding carboxylic acids is 1. The van der Waals surface area contributed by atoms with Gasteiger partial charge >= 0.3 is 6.18 Å². The van der Waals surface area contributed by atoms with Gasteiger partial charge in [0.15, 0.2) is 5.82 Å². The molecule has 0 saturated carbocycles. The molecule has 0 aliphatic rings. The van der Waals surface area contributed by atoms with Gasteiger partial charge in [0.25, 0.3) is 0 Å². The second-order valence-corrected chi connectivity index (χ2v) is 3.96. The van der Waals surface area contributed by atoms with Gasteiger partial charge < -0.3 is 5.32 Å². The van der Waals surface area contributed by atoms with E-state index in [2.05, 4.69) is 20.5 Å². The number of nitrogens with zero attached hydrogens (tertiary/aromatic N) is 2. The molecule has 0 spiro atoms. The predicted molar refractivity (Wildman–Crippen MR) is 65.7 cm³/mol. The number of hydrogen-bond donors (Lipinski definition) is 2. The van der Waals surface area contributed by atoms with Crippen LogP contribution in [0.5, 0.6) is 0 Å². The van der Waals surface area contributed by atoms with E-state index in [0.717, 1.165) is 0 Å². The summed E-state index contributed by atoms with van der Waals surface area (Å²) in [4.78, 5) is 15.0. The van der Waals surface area contributed by atoms with E-state index in [1.807, 2.05) is 0 Å². The maximum atomic E-state index is 13.2. The standard InChI is InChI=1S/C12H11F3N4O/c1-2-8(20)17-11-9(12(13,14)15)10(18-19-11)7-3-5-16-6-4-7/h3-6H,2H2,1H3,(H2,17,18,19,20). The molecule has 20 heavy (non-hydrogen) atoms. The van der Waals surface area contributed by atoms with Crippen LogP contribution >= 0.6 is 0 Å². The first-order valence-corrected chi connectivity index (χ1v) is 5.79. The van der Waals surface area contributed by atoms with Gasteiger partial charge in [0, 0.05) is 24.4 Å². The van der Waals surface area contributed by atoms with E-state index in [1.165, 1.54) is 24.5 Å². The number of aromatic amines is 1. The van der Waals surface area contributed by atoms with Crippen LogP contribution in [0.1, 0.15) is 18.9 Å². The Hall–Kier alpha value is -2.38. The lowest BCUT2D eigenvalue weighted by atomic mass is 10.1. The highest BCUT2D eigenvalue weighted by Gasteiger charge is 2.39. The number of pyridine rings is 1. The molecule has 2 rings (SSSR count). The highest BCUT2D eigenvalue weighted by molar-refractivity contribution is 5.91. The number of aromatic nitrogens is 3. The highest BCUT2D eigenvalue weighted by Crippen LogP contribution is 2.40. The van der Waals surface area contributed by atoms with Crippen molar-refractivity contribution in [3.8, 4) is 11.3 Å². The average Bonchev–Trinajstić information content (AvgIpc) is 2.83. The second kappa shape index (κ2) is 5.32. The lowest BCUT2D eigenvalue weighted by Crippen LogP contribution is -2.15. The van der Waals surface area contributed by atoms with Crippen LogP contribution < -0.4 is 5.32 Å². The Morgan fingerprint density at radius 3 is 2.55 bits per heavy atom. The van der Waals surface area contributed by atoms with Crippen molar-refractivity contribution in [1.82, 2.24) is 15.2 Å². The SMILES string of the molecule is CCC(=O)Nc1n[nH]c(-c2ccncc2)c1C(F)(F)F. The van der Waals surface area contributed by atoms with Crippen molar-refractivity contribution in [3.05, 3.63) is 30.1 Å². The molecule has 0 aliphatic heterocycles. The van der Waals surface area contributed by atoms with Gasteiger partial charge in [-0.05, 0) is 12.1 Å². The van der Waals surface area contributed by atoms with Crippen LogP contribution in [0.25, 0.3) is 11.3 Å². The Balaban J connectivity index is 2.51. The summed E-state index contributed by atoms with van der Waals surface area (Å²) in [7, 11) is 0. The van der Waals surface area contributed by atoms with E-state index < -0.39 is 23.5 Å². The van der Waals surface area contributed by atoms with Crippen LogP contribution in [-0.2, 0) is 11.0 Å². The Morgan fingerprint density at radius 1 is 1.35 bits per heavy atom. The quantitative estimate of drug-likeness (QED) is 0.910. The molecule has 2 heterocycles. The molecular formula is C12H11F3N4O. The molecule has 106 valence electrons. The summed E-state index contributed by atoms with van der Waals surface area (Å²) in [5.41, 5.74) is -0.909. The normalized spacial score (nSPS) is 11.4. The van der Waals surface area contributed by atoms with Gasteiger partial charge in [0.1, 0.15) is 5.56 Å². The third kappa shape index (κ3) is 2.79. The molecule has 0 bridgehead atoms. The van der Waals surface area contributed by atoms with Crippen LogP contribution in [-0.4, -0.2) is 21.1 Å². The summed E-state index contributed by atoms with van der Waals surface area (Å²) in [6.07, 6.45) is -1.82. The van der Waals surface area contributed by atoms with Gasteiger partial charge in [0.05, 0.1) is 5.69 Å². The van der Waals surface area contributed by atoms with E-state index in [-0.39, 0.29) is 17.7 Å². The van der Waals surface area contributed by atoms with Crippen molar-refractivity contribution in [2.75, 3.05) is 5.32 Å². The first-order valence-electron chi connectivity index (χ1n) is 5.79. The Kier molecular flexibility index (Phi) is 3.73. The van der Waals surface area contributed by atoms with Crippen molar-refractivity contribution in [1.29, 1.82) is 0 Å². The Bertz CT molecular complexity index is 607. The van der Waals surface area contributed by atoms with Crippen LogP contribution in [0.15, 0.2) is 24.5 Å². The molecule has 8 heteroatoms. The zero-order valence-corrected chi connectivity index (χ0v) is 10.5. The summed E-state index contributed by atoms with van der Waals surface area (Å²) in [5, 5.41) is 8.00. The van der Waals surface area contributed by atoms with E-state index in [4.69, 9.17) is 0 Å². The predicted octanol–water partition coefficient (Wildman–Crippen LogP) is 2.84. The molecule has 2 aromatic rings. The van der Waals surface area contributed by atoms with Crippen molar-refractivity contribution >= 4 is 11.7 Å². The van der Waals surface area contributed by atoms with Crippen LogP contribution in [0.4, 0.5) is 19.0 Å². The van der Waals surface area contributed by atoms with E-state index in [0.29, 0.717) is 0 Å². The fraction of sp³-hybridized carbons (Fsp3) is 0.250. The highest BCUT2D eigenvalue weighted by atomic mass is 19.4. The van der Waals surface area contributed by atoms with Crippen LogP contribution in [0, 0.1) is 0 Å². The van der Waals surface area contributed by atoms with Crippen molar-refractivity contribution in [2.24, 2.45) is 0 Å². The third-order valence-corrected chi connectivity index (χ3v) is 2.60. The third-order valence-electron chi connectivity index (χ3n) is 2.60. The molecule has 0 fully saturated rings. The van der Waals surface area contributed by atoms with Gasteiger partial charge in [-0.25, -0.2) is 0 Å². The molecule has 2 N–H and O–H groups in total. The Morgan fingerprint density at radius 2 is 2.00 bits per heavy atom. The zero-order valence-electron chi connectivity index (χ0n) is 10.5. The minimum absolute atomic E-state index is 0.0642. The lowest BCUT2D eigenvalue weighted by molar-refractivity contribution is -0.136. The van der Waals surface area contributed by atoms with Gasteiger partial charge in [-0.15, -0.1) is 0 Å². The van der Waals surface area contributed by atoms with E-state index in [9.17, 15) is 18.0 Å². The monoisotopic (exact) mass is 284 g/mol. The molecule has 5 nitrogen and oxygen atoms in total. The largest absolute Gasteiger partial charge is 0.422 e. The second-order valence-electron chi connectivity index (χ2n) is 3.96. The fourth-order valence-electron chi connectivity index (χ4n) is 1.66. The summed E-state index contributed by atoms with van der Waals surface area (Å²) in [6.45, 7) is 1.54. The zero-order chi connectivity index (χ0) is 14.8. The summed E-state index contributed by atoms with van der Waals surface area (Å²) >= 11 is 0. The van der Waals surface area contributed by atoms with Gasteiger partial charge in [-0.2, -0.15) is 18.3 Å². The minimum atomic E-state index is -4.64. The van der Waals surface area contributed by atoms with Gasteiger partial charge in [-0.3, -0.25) is 14.9 Å². The topological polar surface area (TPSA) is 70.7 Å². The first-order chi connectivity index (χ1) is 9.43. The summed E-state index contributed by atoms with van der Waals surface area (Å²) < 4.78 is 39.5. The average molecular weight is 284 g/mol. The van der Waals surface area contributed by atoms with E-state index >= 15 is 0 Å². The molecule has 0 aliphatic carbocycles. The molecule has 0 aromatic carbocycles. The number of anilines is 1. The molecule has 2 aromatic heterocycles. The van der Waals surface area contributed by atoms with Crippen molar-refractivity contribution in [2.45, 2.75) is 19.5 Å². The number of H-pyrrole nitrogens is 1. The molecule has 0 saturated heterocycles. The number of alkyl halides is 3. The number of nitrogens with one attached hydrogen (secondary N) is 2. The van der Waals surface area contributed by atoms with Crippen molar-refractivity contribution < 1.29 is 18.0 Å². The molecule has 0 atom stereocenters. The van der Waals surface area contributed by atoms with E-state index in [1.54, 1.807) is 6.92 Å².